The fourth-order valence-corrected chi connectivity index (χ4v) is 14.5. The molecule has 0 radical (unpaired) electrons. The molecule has 338 valence electrons. The highest BCUT2D eigenvalue weighted by atomic mass is 28.4. The van der Waals surface area contributed by atoms with Gasteiger partial charge in [0.15, 0.2) is 13.9 Å². The second-order valence-electron chi connectivity index (χ2n) is 19.1. The normalized spacial score (nSPS) is 21.0. The molecule has 1 unspecified atom stereocenters. The number of hydrogen-bond acceptors (Lipinski definition) is 8. The van der Waals surface area contributed by atoms with Gasteiger partial charge in [0, 0.05) is 51.9 Å². The molecule has 13 heteroatoms. The van der Waals surface area contributed by atoms with Crippen LogP contribution in [0.2, 0.25) is 18.6 Å². The molecule has 8 aromatic rings. The Morgan fingerprint density at radius 2 is 1.34 bits per heavy atom. The molecule has 0 saturated carbocycles. The van der Waals surface area contributed by atoms with Crippen LogP contribution in [-0.2, 0) is 28.2 Å². The van der Waals surface area contributed by atoms with Crippen molar-refractivity contribution in [3.63, 3.8) is 0 Å². The highest BCUT2D eigenvalue weighted by Gasteiger charge is 2.66. The number of amides is 3. The van der Waals surface area contributed by atoms with Gasteiger partial charge in [0.05, 0.1) is 59.1 Å². The predicted molar refractivity (Wildman–Crippen MR) is 264 cm³/mol. The standard InChI is InChI=1S/C55H48N6O6Si/c1-33-51(68(2,3)66)48(26-27-58-31-44(56-57-58)42(32-62)35-13-5-4-6-14-35)67-55(33)43-29-39(61-47-23-11-18-37-16-9-21-41(50(37)47)53(61)64)24-25-45(43)59(54(55)65)30-34-12-7-19-38(28-34)60-46-22-10-17-36-15-8-20-40(49(36)46)52(60)63/h4-25,28-29,31,33,42,48,51,62,66H,26-27,30,32H2,1-3H3/t33-,42?,48+,51-,55+/m1/s1. The second-order valence-corrected chi connectivity index (χ2v) is 23.1. The van der Waals surface area contributed by atoms with Crippen LogP contribution in [0.1, 0.15) is 62.4 Å². The van der Waals surface area contributed by atoms with Crippen molar-refractivity contribution in [1.82, 2.24) is 15.0 Å². The third-order valence-corrected chi connectivity index (χ3v) is 17.3. The smallest absolute Gasteiger partial charge is 0.264 e. The zero-order valence-corrected chi connectivity index (χ0v) is 38.8. The van der Waals surface area contributed by atoms with Crippen LogP contribution in [0.3, 0.4) is 0 Å². The van der Waals surface area contributed by atoms with E-state index in [9.17, 15) is 19.5 Å². The topological polar surface area (TPSA) is 141 Å². The first-order chi connectivity index (χ1) is 33.0. The van der Waals surface area contributed by atoms with E-state index in [1.807, 2.05) is 172 Å². The number of aromatic nitrogens is 3. The summed E-state index contributed by atoms with van der Waals surface area (Å²) < 4.78 is 9.05. The van der Waals surface area contributed by atoms with E-state index in [2.05, 4.69) is 10.3 Å². The first-order valence-electron chi connectivity index (χ1n) is 23.2. The number of nitrogens with zero attached hydrogens (tertiary/aromatic N) is 6. The number of ether oxygens (including phenoxy) is 1. The van der Waals surface area contributed by atoms with E-state index in [1.165, 1.54) is 0 Å². The van der Waals surface area contributed by atoms with Gasteiger partial charge in [-0.25, -0.2) is 0 Å². The van der Waals surface area contributed by atoms with E-state index < -0.39 is 25.9 Å². The van der Waals surface area contributed by atoms with Crippen molar-refractivity contribution in [2.24, 2.45) is 5.92 Å². The molecule has 5 heterocycles. The van der Waals surface area contributed by atoms with Crippen molar-refractivity contribution in [3.8, 4) is 0 Å². The first kappa shape index (κ1) is 42.1. The summed E-state index contributed by atoms with van der Waals surface area (Å²) in [6.45, 7) is 6.26. The van der Waals surface area contributed by atoms with Crippen LogP contribution in [0.15, 0.2) is 152 Å². The summed E-state index contributed by atoms with van der Waals surface area (Å²) in [5.41, 5.74) is 5.94. The number of fused-ring (bicyclic) bond motifs is 2. The number of benzene rings is 7. The van der Waals surface area contributed by atoms with E-state index in [4.69, 9.17) is 4.74 Å². The Hall–Kier alpha value is -7.29. The van der Waals surface area contributed by atoms with Gasteiger partial charge in [-0.1, -0.05) is 103 Å². The fourth-order valence-electron chi connectivity index (χ4n) is 11.8. The minimum absolute atomic E-state index is 0.107. The van der Waals surface area contributed by atoms with E-state index in [-0.39, 0.29) is 42.3 Å². The minimum atomic E-state index is -3.07. The Morgan fingerprint density at radius 1 is 0.721 bits per heavy atom. The molecule has 7 aromatic carbocycles. The molecule has 4 aliphatic heterocycles. The lowest BCUT2D eigenvalue weighted by atomic mass is 9.82. The molecule has 0 aliphatic carbocycles. The molecule has 1 aromatic heterocycles. The van der Waals surface area contributed by atoms with Crippen molar-refractivity contribution < 1.29 is 29.0 Å². The molecule has 0 bridgehead atoms. The molecule has 1 saturated heterocycles. The minimum Gasteiger partial charge on any atom is -0.432 e. The summed E-state index contributed by atoms with van der Waals surface area (Å²) >= 11 is 0. The Bertz CT molecular complexity index is 3380. The monoisotopic (exact) mass is 916 g/mol. The number of aliphatic hydroxyl groups is 1. The van der Waals surface area contributed by atoms with Gasteiger partial charge in [0.2, 0.25) is 0 Å². The van der Waals surface area contributed by atoms with E-state index in [1.54, 1.807) is 19.4 Å². The van der Waals surface area contributed by atoms with E-state index in [0.717, 1.165) is 44.0 Å². The van der Waals surface area contributed by atoms with Gasteiger partial charge < -0.3 is 19.5 Å². The van der Waals surface area contributed by atoms with Crippen LogP contribution in [-0.4, -0.2) is 63.6 Å². The summed E-state index contributed by atoms with van der Waals surface area (Å²) in [7, 11) is -3.07. The molecular weight excluding hydrogens is 869 g/mol. The van der Waals surface area contributed by atoms with Gasteiger partial charge >= 0.3 is 0 Å². The molecule has 12 nitrogen and oxygen atoms in total. The number of aliphatic hydroxyl groups excluding tert-OH is 1. The average Bonchev–Trinajstić information content (AvgIpc) is 4.13. The van der Waals surface area contributed by atoms with Crippen LogP contribution in [0.4, 0.5) is 28.4 Å². The lowest BCUT2D eigenvalue weighted by Gasteiger charge is -2.32. The van der Waals surface area contributed by atoms with Gasteiger partial charge in [-0.05, 0) is 96.0 Å². The maximum absolute atomic E-state index is 15.8. The molecular formula is C55H48N6O6Si. The Kier molecular flexibility index (Phi) is 9.68. The van der Waals surface area contributed by atoms with E-state index >= 15 is 4.79 Å². The highest BCUT2D eigenvalue weighted by Crippen LogP contribution is 2.61. The molecule has 68 heavy (non-hydrogen) atoms. The average molecular weight is 917 g/mol. The summed E-state index contributed by atoms with van der Waals surface area (Å²) in [6, 6.07) is 46.6. The molecule has 1 spiro atoms. The zero-order valence-electron chi connectivity index (χ0n) is 37.8. The third-order valence-electron chi connectivity index (χ3n) is 14.8. The molecule has 5 atom stereocenters. The lowest BCUT2D eigenvalue weighted by Crippen LogP contribution is -2.46. The summed E-state index contributed by atoms with van der Waals surface area (Å²) in [5.74, 6) is -1.33. The number of carbonyl (C=O) groups is 3. The molecule has 3 amide bonds. The Morgan fingerprint density at radius 3 is 1.97 bits per heavy atom. The summed E-state index contributed by atoms with van der Waals surface area (Å²) in [6.07, 6.45) is 1.72. The van der Waals surface area contributed by atoms with Gasteiger partial charge in [-0.15, -0.1) is 5.10 Å². The van der Waals surface area contributed by atoms with E-state index in [0.29, 0.717) is 52.4 Å². The molecule has 2 N–H and O–H groups in total. The van der Waals surface area contributed by atoms with Gasteiger partial charge in [0.1, 0.15) is 0 Å². The number of carbonyl (C=O) groups excluding carboxylic acids is 3. The summed E-state index contributed by atoms with van der Waals surface area (Å²) in [4.78, 5) is 61.6. The number of anilines is 5. The van der Waals surface area contributed by atoms with Crippen LogP contribution >= 0.6 is 0 Å². The zero-order chi connectivity index (χ0) is 46.6. The van der Waals surface area contributed by atoms with Crippen molar-refractivity contribution in [2.45, 2.75) is 62.7 Å². The summed E-state index contributed by atoms with van der Waals surface area (Å²) in [5, 5.41) is 23.0. The lowest BCUT2D eigenvalue weighted by molar-refractivity contribution is -0.146. The number of hydrogen-bond donors (Lipinski definition) is 2. The number of rotatable bonds is 11. The van der Waals surface area contributed by atoms with Gasteiger partial charge in [-0.2, -0.15) is 0 Å². The maximum atomic E-state index is 15.8. The van der Waals surface area contributed by atoms with Crippen molar-refractivity contribution in [2.75, 3.05) is 21.3 Å². The molecule has 1 fully saturated rings. The predicted octanol–water partition coefficient (Wildman–Crippen LogP) is 9.73. The van der Waals surface area contributed by atoms with Crippen molar-refractivity contribution in [1.29, 1.82) is 0 Å². The van der Waals surface area contributed by atoms with Crippen molar-refractivity contribution in [3.05, 3.63) is 185 Å². The Balaban J connectivity index is 0.925. The van der Waals surface area contributed by atoms with Crippen molar-refractivity contribution >= 4 is 76.0 Å². The van der Waals surface area contributed by atoms with Crippen LogP contribution < -0.4 is 14.7 Å². The Labute approximate surface area is 393 Å². The largest absolute Gasteiger partial charge is 0.432 e. The van der Waals surface area contributed by atoms with Crippen LogP contribution in [0.5, 0.6) is 0 Å². The number of aryl methyl sites for hydroxylation is 1. The third kappa shape index (κ3) is 6.26. The maximum Gasteiger partial charge on any atom is 0.264 e. The second kappa shape index (κ2) is 15.6. The highest BCUT2D eigenvalue weighted by molar-refractivity contribution is 6.71. The fraction of sp³-hybridized carbons (Fsp3) is 0.218. The first-order valence-corrected chi connectivity index (χ1v) is 26.2. The molecule has 12 rings (SSSR count). The van der Waals surface area contributed by atoms with Gasteiger partial charge in [0.25, 0.3) is 17.7 Å². The molecule has 4 aliphatic rings. The van der Waals surface area contributed by atoms with Gasteiger partial charge in [-0.3, -0.25) is 28.9 Å². The van der Waals surface area contributed by atoms with Crippen LogP contribution in [0, 0.1) is 5.92 Å². The quantitative estimate of drug-likeness (QED) is 0.122. The SMILES string of the molecule is C[C@@H]1[C@@H]([Si](C)(C)O)[C@H](CCn2cc(C(CO)c3ccccc3)nn2)O[C@@]12C(=O)N(Cc1cccc(N3C(=O)c4cccc5cccc3c45)c1)c1ccc(N3C(=O)c4cccc5cccc3c45)cc12. The van der Waals surface area contributed by atoms with Crippen LogP contribution in [0.25, 0.3) is 21.5 Å².